The first-order valence-electron chi connectivity index (χ1n) is 9.33. The van der Waals surface area contributed by atoms with Crippen LogP contribution < -0.4 is 10.6 Å². The molecule has 26 heavy (non-hydrogen) atoms. The minimum atomic E-state index is 0.824. The van der Waals surface area contributed by atoms with Crippen molar-refractivity contribution in [3.63, 3.8) is 0 Å². The molecule has 2 N–H and O–H groups in total. The first-order chi connectivity index (χ1) is 12.7. The van der Waals surface area contributed by atoms with Crippen molar-refractivity contribution >= 4 is 17.3 Å². The number of hydrogen-bond donors (Lipinski definition) is 2. The summed E-state index contributed by atoms with van der Waals surface area (Å²) in [6, 6.07) is 10.6. The van der Waals surface area contributed by atoms with Gasteiger partial charge in [-0.2, -0.15) is 0 Å². The molecule has 0 radical (unpaired) electrons. The van der Waals surface area contributed by atoms with Crippen LogP contribution in [0.2, 0.25) is 0 Å². The fourth-order valence-corrected chi connectivity index (χ4v) is 3.44. The number of thiazole rings is 1. The van der Waals surface area contributed by atoms with E-state index in [0.717, 1.165) is 51.5 Å². The van der Waals surface area contributed by atoms with E-state index in [2.05, 4.69) is 76.7 Å². The lowest BCUT2D eigenvalue weighted by Crippen LogP contribution is -2.38. The second kappa shape index (κ2) is 11.6. The first kappa shape index (κ1) is 20.4. The molecule has 2 rings (SSSR count). The molecule has 2 aromatic rings. The Morgan fingerprint density at radius 2 is 2.04 bits per heavy atom. The van der Waals surface area contributed by atoms with E-state index in [4.69, 9.17) is 0 Å². The summed E-state index contributed by atoms with van der Waals surface area (Å²) in [6.45, 7) is 8.75. The molecule has 1 heterocycles. The maximum absolute atomic E-state index is 4.68. The molecule has 0 spiro atoms. The summed E-state index contributed by atoms with van der Waals surface area (Å²) in [4.78, 5) is 12.7. The van der Waals surface area contributed by atoms with Crippen molar-refractivity contribution < 1.29 is 0 Å². The van der Waals surface area contributed by atoms with Gasteiger partial charge in [-0.05, 0) is 39.4 Å². The summed E-state index contributed by atoms with van der Waals surface area (Å²) in [6.07, 6.45) is 3.92. The number of aryl methyl sites for hydroxylation is 1. The van der Waals surface area contributed by atoms with Crippen LogP contribution in [0.5, 0.6) is 0 Å². The number of rotatable bonds is 10. The molecular weight excluding hydrogens is 342 g/mol. The van der Waals surface area contributed by atoms with Crippen LogP contribution in [0.15, 0.2) is 41.5 Å². The van der Waals surface area contributed by atoms with Crippen molar-refractivity contribution in [2.75, 3.05) is 33.2 Å². The van der Waals surface area contributed by atoms with Gasteiger partial charge in [0.05, 0.1) is 5.01 Å². The molecule has 0 saturated carbocycles. The number of nitrogens with zero attached hydrogens (tertiary/aromatic N) is 3. The Hall–Kier alpha value is -1.92. The third kappa shape index (κ3) is 7.97. The van der Waals surface area contributed by atoms with Crippen LogP contribution in [0.3, 0.4) is 0 Å². The SMILES string of the molecule is CCNC(=NCCCN(C)Cc1ccccc1)NCCc1ncc(C)s1. The lowest BCUT2D eigenvalue weighted by Gasteiger charge is -2.16. The molecule has 0 fully saturated rings. The van der Waals surface area contributed by atoms with Gasteiger partial charge in [-0.1, -0.05) is 30.3 Å². The van der Waals surface area contributed by atoms with Crippen LogP contribution in [0.25, 0.3) is 0 Å². The van der Waals surface area contributed by atoms with Crippen molar-refractivity contribution in [2.45, 2.75) is 33.2 Å². The van der Waals surface area contributed by atoms with Crippen molar-refractivity contribution in [3.8, 4) is 0 Å². The van der Waals surface area contributed by atoms with E-state index < -0.39 is 0 Å². The number of benzene rings is 1. The molecule has 142 valence electrons. The maximum Gasteiger partial charge on any atom is 0.191 e. The van der Waals surface area contributed by atoms with Crippen LogP contribution in [0.4, 0.5) is 0 Å². The van der Waals surface area contributed by atoms with Gasteiger partial charge < -0.3 is 15.5 Å². The van der Waals surface area contributed by atoms with Crippen LogP contribution in [-0.2, 0) is 13.0 Å². The van der Waals surface area contributed by atoms with Crippen LogP contribution in [0.1, 0.15) is 28.8 Å². The van der Waals surface area contributed by atoms with Gasteiger partial charge in [-0.25, -0.2) is 4.98 Å². The van der Waals surface area contributed by atoms with Gasteiger partial charge in [0.15, 0.2) is 5.96 Å². The number of guanidine groups is 1. The molecule has 0 saturated heterocycles. The molecule has 0 bridgehead atoms. The van der Waals surface area contributed by atoms with Gasteiger partial charge in [0.2, 0.25) is 0 Å². The highest BCUT2D eigenvalue weighted by Crippen LogP contribution is 2.10. The predicted octanol–water partition coefficient (Wildman–Crippen LogP) is 3.07. The molecule has 6 heteroatoms. The zero-order valence-electron chi connectivity index (χ0n) is 16.2. The third-order valence-corrected chi connectivity index (χ3v) is 4.88. The molecule has 0 unspecified atom stereocenters. The normalized spacial score (nSPS) is 11.8. The summed E-state index contributed by atoms with van der Waals surface area (Å²) in [7, 11) is 2.16. The third-order valence-electron chi connectivity index (χ3n) is 3.91. The average molecular weight is 374 g/mol. The van der Waals surface area contributed by atoms with Crippen molar-refractivity contribution in [1.29, 1.82) is 0 Å². The zero-order chi connectivity index (χ0) is 18.6. The van der Waals surface area contributed by atoms with Crippen LogP contribution in [-0.4, -0.2) is 49.1 Å². The largest absolute Gasteiger partial charge is 0.357 e. The summed E-state index contributed by atoms with van der Waals surface area (Å²) >= 11 is 1.76. The van der Waals surface area contributed by atoms with Gasteiger partial charge >= 0.3 is 0 Å². The fraction of sp³-hybridized carbons (Fsp3) is 0.500. The number of hydrogen-bond acceptors (Lipinski definition) is 4. The highest BCUT2D eigenvalue weighted by molar-refractivity contribution is 7.11. The highest BCUT2D eigenvalue weighted by Gasteiger charge is 2.02. The van der Waals surface area contributed by atoms with Crippen LogP contribution >= 0.6 is 11.3 Å². The Morgan fingerprint density at radius 1 is 1.23 bits per heavy atom. The van der Waals surface area contributed by atoms with E-state index in [1.807, 2.05) is 6.20 Å². The standard InChI is InChI=1S/C20H31N5S/c1-4-21-20(23-13-11-19-24-15-17(2)26-19)22-12-8-14-25(3)16-18-9-6-5-7-10-18/h5-7,9-10,15H,4,8,11-14,16H2,1-3H3,(H2,21,22,23). The minimum absolute atomic E-state index is 0.824. The predicted molar refractivity (Wildman–Crippen MR) is 112 cm³/mol. The Balaban J connectivity index is 1.67. The lowest BCUT2D eigenvalue weighted by molar-refractivity contribution is 0.324. The van der Waals surface area contributed by atoms with Gasteiger partial charge in [0.1, 0.15) is 0 Å². The van der Waals surface area contributed by atoms with Crippen molar-refractivity contribution in [3.05, 3.63) is 52.0 Å². The average Bonchev–Trinajstić information content (AvgIpc) is 3.04. The van der Waals surface area contributed by atoms with E-state index in [9.17, 15) is 0 Å². The van der Waals surface area contributed by atoms with Gasteiger partial charge in [-0.15, -0.1) is 11.3 Å². The number of nitrogens with one attached hydrogen (secondary N) is 2. The smallest absolute Gasteiger partial charge is 0.191 e. The van der Waals surface area contributed by atoms with E-state index in [1.165, 1.54) is 15.4 Å². The lowest BCUT2D eigenvalue weighted by atomic mass is 10.2. The quantitative estimate of drug-likeness (QED) is 0.382. The Bertz CT molecular complexity index is 653. The monoisotopic (exact) mass is 373 g/mol. The highest BCUT2D eigenvalue weighted by atomic mass is 32.1. The maximum atomic E-state index is 4.68. The van der Waals surface area contributed by atoms with E-state index in [1.54, 1.807) is 11.3 Å². The summed E-state index contributed by atoms with van der Waals surface area (Å²) in [5.74, 6) is 0.895. The fourth-order valence-electron chi connectivity index (χ4n) is 2.65. The Morgan fingerprint density at radius 3 is 2.73 bits per heavy atom. The summed E-state index contributed by atoms with van der Waals surface area (Å²) in [5, 5.41) is 7.88. The van der Waals surface area contributed by atoms with E-state index in [-0.39, 0.29) is 0 Å². The summed E-state index contributed by atoms with van der Waals surface area (Å²) in [5.41, 5.74) is 1.35. The second-order valence-corrected chi connectivity index (χ2v) is 7.70. The molecule has 5 nitrogen and oxygen atoms in total. The molecule has 1 aromatic carbocycles. The summed E-state index contributed by atoms with van der Waals surface area (Å²) < 4.78 is 0. The van der Waals surface area contributed by atoms with Crippen molar-refractivity contribution in [1.82, 2.24) is 20.5 Å². The molecule has 0 aliphatic rings. The Kier molecular flexibility index (Phi) is 9.14. The molecule has 1 aromatic heterocycles. The topological polar surface area (TPSA) is 52.6 Å². The molecule has 0 aliphatic carbocycles. The van der Waals surface area contributed by atoms with E-state index >= 15 is 0 Å². The van der Waals surface area contributed by atoms with Gasteiger partial charge in [0.25, 0.3) is 0 Å². The first-order valence-corrected chi connectivity index (χ1v) is 10.1. The molecule has 0 atom stereocenters. The molecule has 0 aliphatic heterocycles. The minimum Gasteiger partial charge on any atom is -0.357 e. The van der Waals surface area contributed by atoms with Crippen molar-refractivity contribution in [2.24, 2.45) is 4.99 Å². The Labute approximate surface area is 161 Å². The molecule has 0 amide bonds. The number of aromatic nitrogens is 1. The van der Waals surface area contributed by atoms with E-state index in [0.29, 0.717) is 0 Å². The second-order valence-electron chi connectivity index (χ2n) is 6.38. The van der Waals surface area contributed by atoms with Gasteiger partial charge in [-0.3, -0.25) is 4.99 Å². The van der Waals surface area contributed by atoms with Crippen LogP contribution in [0, 0.1) is 6.92 Å². The number of aliphatic imine (C=N–C) groups is 1. The van der Waals surface area contributed by atoms with Gasteiger partial charge in [0, 0.05) is 43.7 Å². The zero-order valence-corrected chi connectivity index (χ0v) is 17.0. The molecular formula is C20H31N5S.